The van der Waals surface area contributed by atoms with E-state index in [1.54, 1.807) is 0 Å². The van der Waals surface area contributed by atoms with Gasteiger partial charge in [-0.25, -0.2) is 0 Å². The Bertz CT molecular complexity index is 702. The monoisotopic (exact) mass is 545 g/mol. The molecule has 3 aliphatic rings. The third-order valence-electron chi connectivity index (χ3n) is 9.75. The topological polar surface area (TPSA) is 56.8 Å². The van der Waals surface area contributed by atoms with Gasteiger partial charge in [-0.1, -0.05) is 69.6 Å². The summed E-state index contributed by atoms with van der Waals surface area (Å²) in [4.78, 5) is 12.4. The lowest BCUT2D eigenvalue weighted by Gasteiger charge is -2.67. The largest absolute Gasteiger partial charge is 0.502 e. The molecule has 0 radical (unpaired) electrons. The summed E-state index contributed by atoms with van der Waals surface area (Å²) >= 11 is 0. The van der Waals surface area contributed by atoms with E-state index in [1.165, 1.54) is 18.6 Å². The highest BCUT2D eigenvalue weighted by atomic mass is 33.1. The molecule has 204 valence electrons. The van der Waals surface area contributed by atoms with Crippen LogP contribution in [0, 0.1) is 23.7 Å². The van der Waals surface area contributed by atoms with Gasteiger partial charge in [0, 0.05) is 41.8 Å². The number of amides is 1. The summed E-state index contributed by atoms with van der Waals surface area (Å²) in [6.45, 7) is 21.0. The van der Waals surface area contributed by atoms with Crippen LogP contribution < -0.4 is 5.32 Å². The van der Waals surface area contributed by atoms with Gasteiger partial charge in [0.15, 0.2) is 0 Å². The minimum absolute atomic E-state index is 0.166. The third kappa shape index (κ3) is 6.13. The van der Waals surface area contributed by atoms with Crippen LogP contribution in [0.4, 0.5) is 0 Å². The zero-order chi connectivity index (χ0) is 26.1. The van der Waals surface area contributed by atoms with E-state index in [0.29, 0.717) is 24.8 Å². The van der Waals surface area contributed by atoms with Crippen molar-refractivity contribution < 1.29 is 18.1 Å². The lowest BCUT2D eigenvalue weighted by atomic mass is 9.63. The van der Waals surface area contributed by atoms with Crippen LogP contribution in [0.3, 0.4) is 0 Å². The predicted octanol–water partition coefficient (Wildman–Crippen LogP) is 7.08. The number of hydrogen-bond acceptors (Lipinski definition) is 6. The number of carbonyl (C=O) groups is 1. The molecule has 0 saturated carbocycles. The molecule has 8 heteroatoms. The van der Waals surface area contributed by atoms with Crippen LogP contribution in [0.1, 0.15) is 101 Å². The minimum atomic E-state index is -2.96. The standard InChI is InChI=1S/C27H51NO4S2Si/c1-19(2)25(7)21(5)27(9)22(6)26(8,20(3)4)31-35(30-25,32-27)18-12-16-28-24(29)14-11-10-13-23-15-17-33-34-23/h19-23H,10-18H2,1-9H3,(H,28,29)/t21-,22+,23?,25+,26-,27?,35?. The van der Waals surface area contributed by atoms with Crippen molar-refractivity contribution in [1.82, 2.24) is 5.32 Å². The highest BCUT2D eigenvalue weighted by molar-refractivity contribution is 8.77. The van der Waals surface area contributed by atoms with Crippen molar-refractivity contribution in [3.8, 4) is 0 Å². The van der Waals surface area contributed by atoms with E-state index < -0.39 is 8.80 Å². The minimum Gasteiger partial charge on any atom is -0.367 e. The van der Waals surface area contributed by atoms with Gasteiger partial charge < -0.3 is 18.6 Å². The van der Waals surface area contributed by atoms with Crippen molar-refractivity contribution in [3.63, 3.8) is 0 Å². The Kier molecular flexibility index (Phi) is 9.85. The zero-order valence-corrected chi connectivity index (χ0v) is 26.3. The Morgan fingerprint density at radius 1 is 0.971 bits per heavy atom. The molecule has 3 saturated heterocycles. The number of carbonyl (C=O) groups excluding carboxylic acids is 1. The molecule has 3 fully saturated rings. The maximum atomic E-state index is 12.4. The van der Waals surface area contributed by atoms with Crippen molar-refractivity contribution in [3.05, 3.63) is 0 Å². The van der Waals surface area contributed by atoms with Gasteiger partial charge in [0.2, 0.25) is 5.91 Å². The van der Waals surface area contributed by atoms with E-state index >= 15 is 0 Å². The van der Waals surface area contributed by atoms with Gasteiger partial charge in [0.05, 0.1) is 16.8 Å². The molecule has 2 bridgehead atoms. The maximum Gasteiger partial charge on any atom is 0.502 e. The number of nitrogens with one attached hydrogen (secondary N) is 1. The predicted molar refractivity (Wildman–Crippen MR) is 152 cm³/mol. The molecular formula is C27H51NO4S2Si. The molecule has 0 aromatic heterocycles. The number of unbranched alkanes of at least 4 members (excludes halogenated alkanes) is 1. The molecule has 5 nitrogen and oxygen atoms in total. The second kappa shape index (κ2) is 11.6. The molecule has 3 heterocycles. The first-order valence-electron chi connectivity index (χ1n) is 13.9. The summed E-state index contributed by atoms with van der Waals surface area (Å²) in [6, 6.07) is 0.740. The molecule has 3 unspecified atom stereocenters. The van der Waals surface area contributed by atoms with Crippen LogP contribution in [-0.2, 0) is 18.1 Å². The number of fused-ring (bicyclic) bond motifs is 2. The van der Waals surface area contributed by atoms with Crippen molar-refractivity contribution >= 4 is 36.3 Å². The zero-order valence-electron chi connectivity index (χ0n) is 23.7. The fourth-order valence-corrected chi connectivity index (χ4v) is 13.4. The Morgan fingerprint density at radius 2 is 1.57 bits per heavy atom. The van der Waals surface area contributed by atoms with Crippen molar-refractivity contribution in [2.24, 2.45) is 23.7 Å². The lowest BCUT2D eigenvalue weighted by Crippen LogP contribution is -2.78. The maximum absolute atomic E-state index is 12.4. The second-order valence-electron chi connectivity index (χ2n) is 12.3. The average Bonchev–Trinajstić information content (AvgIpc) is 3.30. The first-order chi connectivity index (χ1) is 16.3. The molecule has 0 aromatic carbocycles. The highest BCUT2D eigenvalue weighted by Crippen LogP contribution is 2.58. The Hall–Kier alpha value is 0.267. The third-order valence-corrected chi connectivity index (χ3v) is 16.0. The molecular weight excluding hydrogens is 495 g/mol. The molecule has 0 aliphatic carbocycles. The first kappa shape index (κ1) is 29.8. The van der Waals surface area contributed by atoms with E-state index in [2.05, 4.69) is 67.6 Å². The molecule has 3 aliphatic heterocycles. The second-order valence-corrected chi connectivity index (χ2v) is 17.6. The molecule has 7 atom stereocenters. The highest BCUT2D eigenvalue weighted by Gasteiger charge is 2.70. The summed E-state index contributed by atoms with van der Waals surface area (Å²) in [6.07, 6.45) is 6.13. The summed E-state index contributed by atoms with van der Waals surface area (Å²) in [5.74, 6) is 2.64. The average molecular weight is 546 g/mol. The van der Waals surface area contributed by atoms with Gasteiger partial charge in [-0.15, -0.1) is 0 Å². The molecule has 0 aromatic rings. The first-order valence-corrected chi connectivity index (χ1v) is 18.3. The normalized spacial score (nSPS) is 41.5. The van der Waals surface area contributed by atoms with E-state index in [0.717, 1.165) is 30.6 Å². The Labute approximate surface area is 224 Å². The Morgan fingerprint density at radius 3 is 2.09 bits per heavy atom. The van der Waals surface area contributed by atoms with E-state index in [1.807, 2.05) is 21.6 Å². The van der Waals surface area contributed by atoms with Crippen LogP contribution in [0.25, 0.3) is 0 Å². The van der Waals surface area contributed by atoms with E-state index in [9.17, 15) is 4.79 Å². The van der Waals surface area contributed by atoms with Crippen LogP contribution >= 0.6 is 21.6 Å². The van der Waals surface area contributed by atoms with Gasteiger partial charge in [0.1, 0.15) is 0 Å². The van der Waals surface area contributed by atoms with Crippen LogP contribution in [-0.4, -0.2) is 49.1 Å². The van der Waals surface area contributed by atoms with Gasteiger partial charge in [-0.3, -0.25) is 4.79 Å². The molecule has 35 heavy (non-hydrogen) atoms. The summed E-state index contributed by atoms with van der Waals surface area (Å²) < 4.78 is 20.9. The van der Waals surface area contributed by atoms with Gasteiger partial charge >= 0.3 is 8.80 Å². The summed E-state index contributed by atoms with van der Waals surface area (Å²) in [5, 5.41) is 3.94. The van der Waals surface area contributed by atoms with Gasteiger partial charge in [-0.2, -0.15) is 0 Å². The SMILES string of the molecule is CC(C)[C@]1(C)O[Si]2(CCCNC(=O)CCCCC3CCSS3)OC(C)([C@@H](C)[C@@](C)(C(C)C)O2)[C@@H]1C. The van der Waals surface area contributed by atoms with E-state index in [-0.39, 0.29) is 34.5 Å². The van der Waals surface area contributed by atoms with Crippen molar-refractivity contribution in [2.45, 2.75) is 129 Å². The van der Waals surface area contributed by atoms with Crippen molar-refractivity contribution in [2.75, 3.05) is 12.3 Å². The molecule has 1 N–H and O–H groups in total. The summed E-state index contributed by atoms with van der Waals surface area (Å²) in [5.41, 5.74) is -0.906. The molecule has 0 spiro atoms. The van der Waals surface area contributed by atoms with Crippen LogP contribution in [0.2, 0.25) is 6.04 Å². The Balaban J connectivity index is 1.59. The quantitative estimate of drug-likeness (QED) is 0.170. The van der Waals surface area contributed by atoms with Crippen LogP contribution in [0.5, 0.6) is 0 Å². The molecule has 3 rings (SSSR count). The smallest absolute Gasteiger partial charge is 0.367 e. The van der Waals surface area contributed by atoms with Gasteiger partial charge in [0.25, 0.3) is 0 Å². The fourth-order valence-electron chi connectivity index (χ4n) is 6.17. The van der Waals surface area contributed by atoms with Crippen LogP contribution in [0.15, 0.2) is 0 Å². The summed E-state index contributed by atoms with van der Waals surface area (Å²) in [7, 11) is 1.06. The lowest BCUT2D eigenvalue weighted by molar-refractivity contribution is -0.287. The van der Waals surface area contributed by atoms with Crippen molar-refractivity contribution in [1.29, 1.82) is 0 Å². The van der Waals surface area contributed by atoms with Gasteiger partial charge in [-0.05, 0) is 58.3 Å². The number of rotatable bonds is 11. The van der Waals surface area contributed by atoms with E-state index in [4.69, 9.17) is 13.3 Å². The fraction of sp³-hybridized carbons (Fsp3) is 0.963. The number of hydrogen-bond donors (Lipinski definition) is 1. The molecule has 1 amide bonds.